The minimum atomic E-state index is -0.456. The molecule has 0 radical (unpaired) electrons. The van der Waals surface area contributed by atoms with Gasteiger partial charge in [0.15, 0.2) is 0 Å². The van der Waals surface area contributed by atoms with E-state index in [4.69, 9.17) is 11.6 Å². The van der Waals surface area contributed by atoms with E-state index in [1.165, 1.54) is 0 Å². The lowest BCUT2D eigenvalue weighted by molar-refractivity contribution is -0.117. The van der Waals surface area contributed by atoms with Gasteiger partial charge < -0.3 is 0 Å². The summed E-state index contributed by atoms with van der Waals surface area (Å²) in [6.45, 7) is 3.56. The molecule has 1 aromatic carbocycles. The molecule has 0 unspecified atom stereocenters. The van der Waals surface area contributed by atoms with E-state index in [-0.39, 0.29) is 28.6 Å². The number of hydrogen-bond acceptors (Lipinski definition) is 4. The van der Waals surface area contributed by atoms with E-state index in [0.717, 1.165) is 10.1 Å². The van der Waals surface area contributed by atoms with Crippen molar-refractivity contribution in [3.8, 4) is 0 Å². The Kier molecular flexibility index (Phi) is 4.35. The number of fused-ring (bicyclic) bond motifs is 1. The Balaban J connectivity index is 1.90. The second-order valence-electron chi connectivity index (χ2n) is 5.38. The maximum atomic E-state index is 12.5. The molecule has 0 saturated carbocycles. The van der Waals surface area contributed by atoms with Crippen LogP contribution in [0.2, 0.25) is 5.02 Å². The van der Waals surface area contributed by atoms with Crippen LogP contribution < -0.4 is 10.9 Å². The largest absolute Gasteiger partial charge is 0.294 e. The lowest BCUT2D eigenvalue weighted by Gasteiger charge is -2.13. The summed E-state index contributed by atoms with van der Waals surface area (Å²) >= 11 is 5.89. The fraction of sp³-hybridized carbons (Fsp3) is 0.250. The number of benzene rings is 1. The van der Waals surface area contributed by atoms with Crippen molar-refractivity contribution in [3.63, 3.8) is 0 Å². The van der Waals surface area contributed by atoms with E-state index in [9.17, 15) is 9.59 Å². The number of halogens is 1. The number of aromatic amines is 1. The topological polar surface area (TPSA) is 92.2 Å². The number of carbonyl (C=O) groups excluding carboxylic acids is 1. The maximum Gasteiger partial charge on any atom is 0.293 e. The average Bonchev–Trinajstić information content (AvgIpc) is 2.97. The van der Waals surface area contributed by atoms with Gasteiger partial charge in [-0.1, -0.05) is 48.9 Å². The molecule has 3 aromatic rings. The summed E-state index contributed by atoms with van der Waals surface area (Å²) in [5.74, 6) is -0.210. The Hall–Kier alpha value is -2.67. The molecule has 1 amide bonds. The van der Waals surface area contributed by atoms with Crippen molar-refractivity contribution in [3.05, 3.63) is 57.0 Å². The van der Waals surface area contributed by atoms with Crippen molar-refractivity contribution in [2.75, 3.05) is 5.32 Å². The number of nitrogens with one attached hydrogen (secondary N) is 2. The van der Waals surface area contributed by atoms with Crippen molar-refractivity contribution in [2.45, 2.75) is 26.2 Å². The maximum absolute atomic E-state index is 12.5. The van der Waals surface area contributed by atoms with E-state index in [0.29, 0.717) is 12.1 Å². The Labute approximate surface area is 142 Å². The molecule has 0 fully saturated rings. The van der Waals surface area contributed by atoms with Crippen LogP contribution in [0.3, 0.4) is 0 Å². The molecule has 2 heterocycles. The third-order valence-electron chi connectivity index (χ3n) is 3.77. The van der Waals surface area contributed by atoms with Crippen molar-refractivity contribution in [2.24, 2.45) is 0 Å². The fourth-order valence-corrected chi connectivity index (χ4v) is 2.64. The Bertz CT molecular complexity index is 948. The first-order valence-corrected chi connectivity index (χ1v) is 7.89. The zero-order chi connectivity index (χ0) is 17.3. The third-order valence-corrected chi connectivity index (χ3v) is 4.21. The molecule has 2 N–H and O–H groups in total. The molecule has 0 saturated heterocycles. The normalized spacial score (nSPS) is 12.3. The van der Waals surface area contributed by atoms with Gasteiger partial charge in [0.25, 0.3) is 11.3 Å². The number of carbonyl (C=O) groups is 1. The molecule has 8 heteroatoms. The van der Waals surface area contributed by atoms with Crippen LogP contribution in [-0.4, -0.2) is 25.5 Å². The van der Waals surface area contributed by atoms with Crippen LogP contribution in [0, 0.1) is 6.92 Å². The monoisotopic (exact) mass is 345 g/mol. The lowest BCUT2D eigenvalue weighted by atomic mass is 9.96. The van der Waals surface area contributed by atoms with E-state index in [1.54, 1.807) is 6.92 Å². The fourth-order valence-electron chi connectivity index (χ4n) is 2.52. The van der Waals surface area contributed by atoms with Crippen LogP contribution >= 0.6 is 11.6 Å². The highest BCUT2D eigenvalue weighted by atomic mass is 35.5. The van der Waals surface area contributed by atoms with Gasteiger partial charge in [-0.15, -0.1) is 0 Å². The van der Waals surface area contributed by atoms with Crippen molar-refractivity contribution in [1.82, 2.24) is 19.6 Å². The molecule has 124 valence electrons. The smallest absolute Gasteiger partial charge is 0.293 e. The number of H-pyrrole nitrogens is 1. The number of nitrogens with zero attached hydrogens (tertiary/aromatic N) is 3. The molecule has 7 nitrogen and oxygen atoms in total. The van der Waals surface area contributed by atoms with E-state index in [2.05, 4.69) is 20.4 Å². The first-order valence-electron chi connectivity index (χ1n) is 7.52. The zero-order valence-electron chi connectivity index (χ0n) is 13.2. The van der Waals surface area contributed by atoms with Gasteiger partial charge >= 0.3 is 0 Å². The summed E-state index contributed by atoms with van der Waals surface area (Å²) in [7, 11) is 0. The first kappa shape index (κ1) is 16.2. The van der Waals surface area contributed by atoms with Crippen LogP contribution in [0.15, 0.2) is 35.1 Å². The van der Waals surface area contributed by atoms with Crippen LogP contribution in [0.25, 0.3) is 5.78 Å². The predicted molar refractivity (Wildman–Crippen MR) is 91.5 cm³/mol. The Morgan fingerprint density at radius 2 is 2.04 bits per heavy atom. The summed E-state index contributed by atoms with van der Waals surface area (Å²) < 4.78 is 1.11. The number of amides is 1. The van der Waals surface area contributed by atoms with Gasteiger partial charge in [0, 0.05) is 0 Å². The van der Waals surface area contributed by atoms with Gasteiger partial charge in [-0.3, -0.25) is 20.0 Å². The summed E-state index contributed by atoms with van der Waals surface area (Å²) in [6, 6.07) is 9.49. The number of aryl methyl sites for hydroxylation is 1. The van der Waals surface area contributed by atoms with Gasteiger partial charge in [-0.2, -0.15) is 9.50 Å². The second-order valence-corrected chi connectivity index (χ2v) is 5.76. The highest BCUT2D eigenvalue weighted by Crippen LogP contribution is 2.20. The van der Waals surface area contributed by atoms with Crippen molar-refractivity contribution in [1.29, 1.82) is 0 Å². The highest BCUT2D eigenvalue weighted by molar-refractivity contribution is 6.31. The number of aromatic nitrogens is 4. The Morgan fingerprint density at radius 3 is 2.71 bits per heavy atom. The first-order chi connectivity index (χ1) is 11.5. The molecule has 24 heavy (non-hydrogen) atoms. The van der Waals surface area contributed by atoms with Gasteiger partial charge in [0.05, 0.1) is 11.6 Å². The molecule has 0 aliphatic heterocycles. The zero-order valence-corrected chi connectivity index (χ0v) is 14.0. The Morgan fingerprint density at radius 1 is 1.33 bits per heavy atom. The van der Waals surface area contributed by atoms with Crippen LogP contribution in [0.4, 0.5) is 5.95 Å². The molecule has 0 bridgehead atoms. The van der Waals surface area contributed by atoms with Gasteiger partial charge in [0.2, 0.25) is 11.9 Å². The van der Waals surface area contributed by atoms with Crippen molar-refractivity contribution < 1.29 is 4.79 Å². The average molecular weight is 346 g/mol. The van der Waals surface area contributed by atoms with E-state index in [1.807, 2.05) is 37.3 Å². The molecule has 0 aliphatic carbocycles. The standard InChI is InChI=1S/C16H16ClN5O2/c1-3-11(10-7-5-4-6-8-10)13(23)19-15-20-16-18-9(2)12(17)14(24)22(16)21-15/h4-8,11H,3H2,1-2H3,(H2,18,19,20,21,23)/t11-/m1/s1. The number of anilines is 1. The lowest BCUT2D eigenvalue weighted by Crippen LogP contribution is -2.22. The summed E-state index contributed by atoms with van der Waals surface area (Å²) in [5, 5.41) is 5.42. The third kappa shape index (κ3) is 2.90. The molecular formula is C16H16ClN5O2. The van der Waals surface area contributed by atoms with Crippen LogP contribution in [0.5, 0.6) is 0 Å². The summed E-state index contributed by atoms with van der Waals surface area (Å²) in [6.07, 6.45) is 0.638. The molecule has 0 aliphatic rings. The van der Waals surface area contributed by atoms with Crippen molar-refractivity contribution >= 4 is 29.2 Å². The molecule has 3 rings (SSSR count). The number of hydrogen-bond donors (Lipinski definition) is 2. The van der Waals surface area contributed by atoms with E-state index >= 15 is 0 Å². The van der Waals surface area contributed by atoms with Gasteiger partial charge in [0.1, 0.15) is 5.02 Å². The van der Waals surface area contributed by atoms with Gasteiger partial charge in [-0.05, 0) is 18.9 Å². The van der Waals surface area contributed by atoms with Crippen LogP contribution in [-0.2, 0) is 4.79 Å². The predicted octanol–water partition coefficient (Wildman–Crippen LogP) is 2.51. The minimum absolute atomic E-state index is 0.0183. The summed E-state index contributed by atoms with van der Waals surface area (Å²) in [5.41, 5.74) is 0.854. The van der Waals surface area contributed by atoms with Crippen LogP contribution in [0.1, 0.15) is 30.5 Å². The van der Waals surface area contributed by atoms with E-state index < -0.39 is 5.56 Å². The van der Waals surface area contributed by atoms with Gasteiger partial charge in [-0.25, -0.2) is 4.98 Å². The molecule has 0 spiro atoms. The molecular weight excluding hydrogens is 330 g/mol. The minimum Gasteiger partial charge on any atom is -0.294 e. The quantitative estimate of drug-likeness (QED) is 0.760. The SMILES string of the molecule is CC[C@@H](C(=O)Nc1nc2nc(C)c(Cl)c(=O)n2[nH]1)c1ccccc1. The number of rotatable bonds is 4. The molecule has 1 atom stereocenters. The second kappa shape index (κ2) is 6.45. The summed E-state index contributed by atoms with van der Waals surface area (Å²) in [4.78, 5) is 32.9. The molecule has 2 aromatic heterocycles. The highest BCUT2D eigenvalue weighted by Gasteiger charge is 2.20.